The van der Waals surface area contributed by atoms with Crippen LogP contribution in [0.3, 0.4) is 0 Å². The quantitative estimate of drug-likeness (QED) is 0.762. The van der Waals surface area contributed by atoms with E-state index in [4.69, 9.17) is 0 Å². The largest absolute Gasteiger partial charge is 0.508 e. The van der Waals surface area contributed by atoms with Gasteiger partial charge in [-0.05, 0) is 38.4 Å². The van der Waals surface area contributed by atoms with Crippen LogP contribution < -0.4 is 5.32 Å². The highest BCUT2D eigenvalue weighted by Gasteiger charge is 2.21. The van der Waals surface area contributed by atoms with Gasteiger partial charge in [0.15, 0.2) is 0 Å². The van der Waals surface area contributed by atoms with Crippen LogP contribution in [0.5, 0.6) is 11.5 Å². The number of rotatable bonds is 5. The molecule has 4 heteroatoms. The molecular formula is C15H24N2O2. The zero-order valence-electron chi connectivity index (χ0n) is 11.6. The van der Waals surface area contributed by atoms with Crippen LogP contribution >= 0.6 is 0 Å². The van der Waals surface area contributed by atoms with Gasteiger partial charge < -0.3 is 15.5 Å². The number of benzene rings is 1. The fourth-order valence-electron chi connectivity index (χ4n) is 2.73. The van der Waals surface area contributed by atoms with Crippen LogP contribution in [-0.2, 0) is 6.54 Å². The second-order valence-corrected chi connectivity index (χ2v) is 5.28. The van der Waals surface area contributed by atoms with Crippen molar-refractivity contribution in [2.24, 2.45) is 0 Å². The maximum absolute atomic E-state index is 9.90. The lowest BCUT2D eigenvalue weighted by molar-refractivity contribution is 0.156. The summed E-state index contributed by atoms with van der Waals surface area (Å²) in [6, 6.07) is 5.40. The third-order valence-electron chi connectivity index (χ3n) is 3.74. The molecule has 106 valence electrons. The topological polar surface area (TPSA) is 55.7 Å². The molecule has 0 aliphatic carbocycles. The van der Waals surface area contributed by atoms with Gasteiger partial charge in [0, 0.05) is 30.8 Å². The Kier molecular flexibility index (Phi) is 5.05. The fourth-order valence-corrected chi connectivity index (χ4v) is 2.73. The van der Waals surface area contributed by atoms with Crippen molar-refractivity contribution in [3.8, 4) is 11.5 Å². The van der Waals surface area contributed by atoms with E-state index in [1.807, 2.05) is 6.07 Å². The lowest BCUT2D eigenvalue weighted by atomic mass is 10.0. The zero-order chi connectivity index (χ0) is 13.7. The highest BCUT2D eigenvalue weighted by Crippen LogP contribution is 2.25. The Bertz CT molecular complexity index is 403. The molecule has 1 atom stereocenters. The molecule has 19 heavy (non-hydrogen) atoms. The number of aromatic hydroxyl groups is 2. The Labute approximate surface area is 115 Å². The van der Waals surface area contributed by atoms with Gasteiger partial charge in [-0.3, -0.25) is 4.90 Å². The number of phenolic OH excluding ortho intramolecular Hbond substituents is 2. The summed E-state index contributed by atoms with van der Waals surface area (Å²) >= 11 is 0. The van der Waals surface area contributed by atoms with Crippen molar-refractivity contribution in [1.29, 1.82) is 0 Å². The van der Waals surface area contributed by atoms with Crippen molar-refractivity contribution < 1.29 is 10.2 Å². The summed E-state index contributed by atoms with van der Waals surface area (Å²) in [5, 5.41) is 22.7. The van der Waals surface area contributed by atoms with Crippen LogP contribution in [0.4, 0.5) is 0 Å². The molecular weight excluding hydrogens is 240 g/mol. The van der Waals surface area contributed by atoms with Gasteiger partial charge in [0.1, 0.15) is 11.5 Å². The lowest BCUT2D eigenvalue weighted by Gasteiger charge is -2.34. The van der Waals surface area contributed by atoms with E-state index in [-0.39, 0.29) is 11.5 Å². The van der Waals surface area contributed by atoms with Crippen molar-refractivity contribution in [2.45, 2.75) is 38.8 Å². The van der Waals surface area contributed by atoms with Crippen LogP contribution in [0, 0.1) is 0 Å². The second kappa shape index (κ2) is 6.78. The predicted molar refractivity (Wildman–Crippen MR) is 76.4 cm³/mol. The van der Waals surface area contributed by atoms with Gasteiger partial charge in [-0.15, -0.1) is 0 Å². The standard InChI is InChI=1S/C15H24N2O2/c1-2-8-17(13-4-3-7-16-10-13)11-12-5-6-14(18)9-15(12)19/h5-6,9,13,16,18-19H,2-4,7-8,10-11H2,1H3. The van der Waals surface area contributed by atoms with E-state index in [0.717, 1.165) is 38.2 Å². The minimum absolute atomic E-state index is 0.114. The van der Waals surface area contributed by atoms with Gasteiger partial charge in [-0.1, -0.05) is 13.0 Å². The number of piperidine rings is 1. The number of phenols is 2. The third kappa shape index (κ3) is 3.85. The van der Waals surface area contributed by atoms with Crippen molar-refractivity contribution >= 4 is 0 Å². The molecule has 1 aromatic rings. The summed E-state index contributed by atoms with van der Waals surface area (Å²) in [7, 11) is 0. The van der Waals surface area contributed by atoms with Crippen LogP contribution in [-0.4, -0.2) is 40.8 Å². The zero-order valence-corrected chi connectivity index (χ0v) is 11.6. The normalized spacial score (nSPS) is 19.8. The van der Waals surface area contributed by atoms with Crippen LogP contribution in [0.15, 0.2) is 18.2 Å². The first-order valence-corrected chi connectivity index (χ1v) is 7.16. The summed E-state index contributed by atoms with van der Waals surface area (Å²) in [5.41, 5.74) is 0.886. The molecule has 1 heterocycles. The summed E-state index contributed by atoms with van der Waals surface area (Å²) in [6.45, 7) is 6.10. The van der Waals surface area contributed by atoms with E-state index in [9.17, 15) is 10.2 Å². The number of nitrogens with one attached hydrogen (secondary N) is 1. The van der Waals surface area contributed by atoms with Crippen molar-refractivity contribution in [3.63, 3.8) is 0 Å². The monoisotopic (exact) mass is 264 g/mol. The van der Waals surface area contributed by atoms with Crippen LogP contribution in [0.2, 0.25) is 0 Å². The molecule has 0 saturated carbocycles. The van der Waals surface area contributed by atoms with Crippen LogP contribution in [0.1, 0.15) is 31.7 Å². The van der Waals surface area contributed by atoms with E-state index in [0.29, 0.717) is 6.04 Å². The second-order valence-electron chi connectivity index (χ2n) is 5.28. The fraction of sp³-hybridized carbons (Fsp3) is 0.600. The first-order chi connectivity index (χ1) is 9.20. The molecule has 4 nitrogen and oxygen atoms in total. The maximum Gasteiger partial charge on any atom is 0.123 e. The summed E-state index contributed by atoms with van der Waals surface area (Å²) < 4.78 is 0. The number of nitrogens with zero attached hydrogens (tertiary/aromatic N) is 1. The van der Waals surface area contributed by atoms with Gasteiger partial charge in [0.2, 0.25) is 0 Å². The van der Waals surface area contributed by atoms with Gasteiger partial charge in [-0.2, -0.15) is 0 Å². The Morgan fingerprint density at radius 1 is 1.37 bits per heavy atom. The molecule has 1 aromatic carbocycles. The highest BCUT2D eigenvalue weighted by atomic mass is 16.3. The van der Waals surface area contributed by atoms with E-state index in [1.165, 1.54) is 18.9 Å². The molecule has 0 radical (unpaired) electrons. The first kappa shape index (κ1) is 14.2. The molecule has 1 aliphatic rings. The van der Waals surface area contributed by atoms with E-state index < -0.39 is 0 Å². The molecule has 0 spiro atoms. The van der Waals surface area contributed by atoms with Gasteiger partial charge in [-0.25, -0.2) is 0 Å². The molecule has 0 amide bonds. The minimum Gasteiger partial charge on any atom is -0.508 e. The molecule has 1 unspecified atom stereocenters. The third-order valence-corrected chi connectivity index (χ3v) is 3.74. The Morgan fingerprint density at radius 3 is 2.84 bits per heavy atom. The smallest absolute Gasteiger partial charge is 0.123 e. The highest BCUT2D eigenvalue weighted by molar-refractivity contribution is 5.38. The summed E-state index contributed by atoms with van der Waals surface area (Å²) in [5.74, 6) is 0.299. The minimum atomic E-state index is 0.114. The molecule has 0 aromatic heterocycles. The van der Waals surface area contributed by atoms with Crippen molar-refractivity contribution in [3.05, 3.63) is 23.8 Å². The predicted octanol–water partition coefficient (Wildman–Crippen LogP) is 2.06. The molecule has 3 N–H and O–H groups in total. The summed E-state index contributed by atoms with van der Waals surface area (Å²) in [4.78, 5) is 2.43. The Hall–Kier alpha value is -1.26. The first-order valence-electron chi connectivity index (χ1n) is 7.16. The molecule has 1 saturated heterocycles. The Balaban J connectivity index is 2.06. The average Bonchev–Trinajstić information content (AvgIpc) is 2.42. The van der Waals surface area contributed by atoms with Crippen LogP contribution in [0.25, 0.3) is 0 Å². The molecule has 1 fully saturated rings. The number of hydrogen-bond acceptors (Lipinski definition) is 4. The number of hydrogen-bond donors (Lipinski definition) is 3. The van der Waals surface area contributed by atoms with Crippen molar-refractivity contribution in [2.75, 3.05) is 19.6 Å². The average molecular weight is 264 g/mol. The SMILES string of the molecule is CCCN(Cc1ccc(O)cc1O)C1CCCNC1. The van der Waals surface area contributed by atoms with E-state index in [1.54, 1.807) is 6.07 Å². The molecule has 1 aliphatic heterocycles. The Morgan fingerprint density at radius 2 is 2.21 bits per heavy atom. The van der Waals surface area contributed by atoms with Gasteiger partial charge in [0.25, 0.3) is 0 Å². The molecule has 0 bridgehead atoms. The van der Waals surface area contributed by atoms with E-state index in [2.05, 4.69) is 17.1 Å². The molecule has 2 rings (SSSR count). The lowest BCUT2D eigenvalue weighted by Crippen LogP contribution is -2.45. The van der Waals surface area contributed by atoms with E-state index >= 15 is 0 Å². The van der Waals surface area contributed by atoms with Gasteiger partial charge >= 0.3 is 0 Å². The maximum atomic E-state index is 9.90. The van der Waals surface area contributed by atoms with Crippen molar-refractivity contribution in [1.82, 2.24) is 10.2 Å². The van der Waals surface area contributed by atoms with Gasteiger partial charge in [0.05, 0.1) is 0 Å². The summed E-state index contributed by atoms with van der Waals surface area (Å²) in [6.07, 6.45) is 3.54.